The zero-order valence-electron chi connectivity index (χ0n) is 16.0. The average Bonchev–Trinajstić information content (AvgIpc) is 3.42. The lowest BCUT2D eigenvalue weighted by atomic mass is 10.1. The van der Waals surface area contributed by atoms with Crippen molar-refractivity contribution in [2.24, 2.45) is 0 Å². The van der Waals surface area contributed by atoms with Gasteiger partial charge in [-0.1, -0.05) is 35.1 Å². The molecule has 3 aromatic rings. The molecule has 1 saturated heterocycles. The Hall–Kier alpha value is -3.15. The normalized spacial score (nSPS) is 14.4. The summed E-state index contributed by atoms with van der Waals surface area (Å²) in [5.41, 5.74) is 0.644. The number of anilines is 2. The first-order valence-electron chi connectivity index (χ1n) is 9.50. The predicted octanol–water partition coefficient (Wildman–Crippen LogP) is 4.99. The molecule has 0 atom stereocenters. The quantitative estimate of drug-likeness (QED) is 0.444. The van der Waals surface area contributed by atoms with Crippen molar-refractivity contribution >= 4 is 45.2 Å². The number of rotatable bonds is 5. The summed E-state index contributed by atoms with van der Waals surface area (Å²) in [5, 5.41) is 22.0. The number of aromatic nitrogens is 2. The zero-order valence-corrected chi connectivity index (χ0v) is 17.5. The van der Waals surface area contributed by atoms with E-state index >= 15 is 0 Å². The fourth-order valence-corrected chi connectivity index (χ4v) is 4.19. The third-order valence-corrected chi connectivity index (χ3v) is 5.91. The van der Waals surface area contributed by atoms with Crippen LogP contribution in [0.4, 0.5) is 10.3 Å². The van der Waals surface area contributed by atoms with Gasteiger partial charge in [-0.15, -0.1) is 10.2 Å². The molecule has 2 aromatic heterocycles. The molecule has 0 radical (unpaired) electrons. The van der Waals surface area contributed by atoms with Gasteiger partial charge in [-0.05, 0) is 43.5 Å². The highest BCUT2D eigenvalue weighted by atomic mass is 35.5. The van der Waals surface area contributed by atoms with Crippen LogP contribution in [0.15, 0.2) is 46.4 Å². The van der Waals surface area contributed by atoms with Crippen LogP contribution in [0, 0.1) is 11.3 Å². The summed E-state index contributed by atoms with van der Waals surface area (Å²) in [6.45, 7) is 1.89. The number of nitrogens with zero attached hydrogens (tertiary/aromatic N) is 4. The van der Waals surface area contributed by atoms with E-state index < -0.39 is 5.91 Å². The first-order chi connectivity index (χ1) is 14.6. The van der Waals surface area contributed by atoms with E-state index in [4.69, 9.17) is 16.0 Å². The minimum absolute atomic E-state index is 0.0928. The molecule has 1 amide bonds. The van der Waals surface area contributed by atoms with Crippen molar-refractivity contribution < 1.29 is 9.21 Å². The molecule has 1 aliphatic rings. The molecule has 0 spiro atoms. The highest BCUT2D eigenvalue weighted by molar-refractivity contribution is 7.19. The molecule has 1 aliphatic heterocycles. The van der Waals surface area contributed by atoms with Crippen molar-refractivity contribution in [1.82, 2.24) is 10.2 Å². The topological polar surface area (TPSA) is 95.0 Å². The van der Waals surface area contributed by atoms with Crippen molar-refractivity contribution in [2.45, 2.75) is 19.3 Å². The molecule has 152 valence electrons. The molecule has 1 N–H and O–H groups in total. The van der Waals surface area contributed by atoms with E-state index in [0.717, 1.165) is 36.6 Å². The molecule has 9 heteroatoms. The van der Waals surface area contributed by atoms with Gasteiger partial charge in [-0.25, -0.2) is 0 Å². The Morgan fingerprint density at radius 3 is 2.77 bits per heavy atom. The van der Waals surface area contributed by atoms with Crippen LogP contribution >= 0.6 is 22.9 Å². The van der Waals surface area contributed by atoms with Gasteiger partial charge in [-0.2, -0.15) is 5.26 Å². The van der Waals surface area contributed by atoms with Crippen LogP contribution in [0.1, 0.15) is 25.0 Å². The second-order valence-electron chi connectivity index (χ2n) is 6.74. The molecule has 30 heavy (non-hydrogen) atoms. The van der Waals surface area contributed by atoms with Crippen LogP contribution in [0.3, 0.4) is 0 Å². The number of halogens is 1. The lowest BCUT2D eigenvalue weighted by Gasteiger charge is -2.25. The van der Waals surface area contributed by atoms with Crippen LogP contribution in [0.25, 0.3) is 17.4 Å². The van der Waals surface area contributed by atoms with Crippen molar-refractivity contribution in [2.75, 3.05) is 23.3 Å². The Morgan fingerprint density at radius 2 is 2.00 bits per heavy atom. The number of nitrogens with one attached hydrogen (secondary N) is 1. The smallest absolute Gasteiger partial charge is 0.268 e. The van der Waals surface area contributed by atoms with Gasteiger partial charge in [0.2, 0.25) is 10.3 Å². The van der Waals surface area contributed by atoms with Gasteiger partial charge < -0.3 is 9.32 Å². The first kappa shape index (κ1) is 20.1. The highest BCUT2D eigenvalue weighted by Crippen LogP contribution is 2.30. The van der Waals surface area contributed by atoms with E-state index in [1.807, 2.05) is 24.3 Å². The summed E-state index contributed by atoms with van der Waals surface area (Å²) in [7, 11) is 0. The van der Waals surface area contributed by atoms with Crippen LogP contribution in [0.2, 0.25) is 5.02 Å². The average molecular weight is 440 g/mol. The molecule has 4 rings (SSSR count). The van der Waals surface area contributed by atoms with Crippen molar-refractivity contribution in [3.05, 3.63) is 52.8 Å². The van der Waals surface area contributed by atoms with Gasteiger partial charge in [0.1, 0.15) is 23.2 Å². The van der Waals surface area contributed by atoms with E-state index in [0.29, 0.717) is 21.7 Å². The predicted molar refractivity (Wildman–Crippen MR) is 117 cm³/mol. The number of furan rings is 1. The lowest BCUT2D eigenvalue weighted by molar-refractivity contribution is -0.112. The Kier molecular flexibility index (Phi) is 6.12. The van der Waals surface area contributed by atoms with Gasteiger partial charge in [0.25, 0.3) is 5.91 Å². The van der Waals surface area contributed by atoms with Gasteiger partial charge in [-0.3, -0.25) is 10.1 Å². The SMILES string of the molecule is N#C/C(=C/c1ccc(-c2ccccc2Cl)o1)C(=O)Nc1nnc(N2CCCCC2)s1. The molecule has 7 nitrogen and oxygen atoms in total. The summed E-state index contributed by atoms with van der Waals surface area (Å²) in [5.74, 6) is 0.372. The molecule has 0 aliphatic carbocycles. The van der Waals surface area contributed by atoms with Gasteiger partial charge in [0.15, 0.2) is 0 Å². The largest absolute Gasteiger partial charge is 0.457 e. The number of hydrogen-bond donors (Lipinski definition) is 1. The summed E-state index contributed by atoms with van der Waals surface area (Å²) in [6.07, 6.45) is 4.87. The molecule has 0 unspecified atom stereocenters. The molecule has 3 heterocycles. The summed E-state index contributed by atoms with van der Waals surface area (Å²) < 4.78 is 5.74. The Morgan fingerprint density at radius 1 is 1.20 bits per heavy atom. The van der Waals surface area contributed by atoms with Gasteiger partial charge >= 0.3 is 0 Å². The second-order valence-corrected chi connectivity index (χ2v) is 8.11. The fraction of sp³-hybridized carbons (Fsp3) is 0.238. The first-order valence-corrected chi connectivity index (χ1v) is 10.7. The molecule has 0 bridgehead atoms. The Balaban J connectivity index is 1.47. The molecule has 1 aromatic carbocycles. The number of amides is 1. The van der Waals surface area contributed by atoms with E-state index in [-0.39, 0.29) is 5.57 Å². The van der Waals surface area contributed by atoms with Crippen molar-refractivity contribution in [3.63, 3.8) is 0 Å². The number of benzene rings is 1. The monoisotopic (exact) mass is 439 g/mol. The minimum atomic E-state index is -0.561. The molecular formula is C21H18ClN5O2S. The number of carbonyl (C=O) groups is 1. The molecule has 1 fully saturated rings. The number of hydrogen-bond acceptors (Lipinski definition) is 7. The van der Waals surface area contributed by atoms with Crippen LogP contribution < -0.4 is 10.2 Å². The van der Waals surface area contributed by atoms with E-state index in [1.54, 1.807) is 18.2 Å². The van der Waals surface area contributed by atoms with Crippen molar-refractivity contribution in [1.29, 1.82) is 5.26 Å². The Bertz CT molecular complexity index is 1120. The maximum atomic E-state index is 12.5. The second kappa shape index (κ2) is 9.11. The third-order valence-electron chi connectivity index (χ3n) is 4.68. The van der Waals surface area contributed by atoms with E-state index in [1.165, 1.54) is 23.8 Å². The zero-order chi connectivity index (χ0) is 20.9. The number of nitriles is 1. The van der Waals surface area contributed by atoms with Gasteiger partial charge in [0, 0.05) is 24.7 Å². The Labute approximate surface area is 182 Å². The van der Waals surface area contributed by atoms with Crippen LogP contribution in [-0.4, -0.2) is 29.2 Å². The standard InChI is InChI=1S/C21H18ClN5O2S/c22-17-7-3-2-6-16(17)18-9-8-15(29-18)12-14(13-23)19(28)24-20-25-26-21(30-20)27-10-4-1-5-11-27/h2-3,6-9,12H,1,4-5,10-11H2,(H,24,25,28)/b14-12-. The third kappa shape index (κ3) is 4.53. The van der Waals surface area contributed by atoms with Crippen LogP contribution in [0.5, 0.6) is 0 Å². The maximum Gasteiger partial charge on any atom is 0.268 e. The summed E-state index contributed by atoms with van der Waals surface area (Å²) in [6, 6.07) is 12.6. The van der Waals surface area contributed by atoms with Crippen LogP contribution in [-0.2, 0) is 4.79 Å². The van der Waals surface area contributed by atoms with Crippen molar-refractivity contribution in [3.8, 4) is 17.4 Å². The highest BCUT2D eigenvalue weighted by Gasteiger charge is 2.18. The summed E-state index contributed by atoms with van der Waals surface area (Å²) in [4.78, 5) is 14.7. The molecular weight excluding hydrogens is 422 g/mol. The number of piperidine rings is 1. The lowest BCUT2D eigenvalue weighted by Crippen LogP contribution is -2.29. The fourth-order valence-electron chi connectivity index (χ4n) is 3.17. The number of carbonyl (C=O) groups excluding carboxylic acids is 1. The van der Waals surface area contributed by atoms with E-state index in [9.17, 15) is 10.1 Å². The minimum Gasteiger partial charge on any atom is -0.457 e. The molecule has 0 saturated carbocycles. The van der Waals surface area contributed by atoms with Gasteiger partial charge in [0.05, 0.1) is 5.02 Å². The summed E-state index contributed by atoms with van der Waals surface area (Å²) >= 11 is 7.49. The maximum absolute atomic E-state index is 12.5. The van der Waals surface area contributed by atoms with E-state index in [2.05, 4.69) is 20.4 Å².